The Balaban J connectivity index is 1.76. The highest BCUT2D eigenvalue weighted by Crippen LogP contribution is 2.31. The van der Waals surface area contributed by atoms with E-state index < -0.39 is 5.56 Å². The zero-order valence-electron chi connectivity index (χ0n) is 21.6. The predicted octanol–water partition coefficient (Wildman–Crippen LogP) is 6.12. The number of aromatic hydroxyl groups is 1. The fourth-order valence-corrected chi connectivity index (χ4v) is 4.77. The van der Waals surface area contributed by atoms with Crippen LogP contribution in [0.4, 0.5) is 0 Å². The summed E-state index contributed by atoms with van der Waals surface area (Å²) in [5.41, 5.74) is 5.32. The van der Waals surface area contributed by atoms with Gasteiger partial charge in [-0.1, -0.05) is 62.7 Å². The number of benzene rings is 2. The smallest absolute Gasteiger partial charge is 0.280 e. The number of hydrogen-bond acceptors (Lipinski definition) is 5. The van der Waals surface area contributed by atoms with Gasteiger partial charge in [0.25, 0.3) is 5.56 Å². The van der Waals surface area contributed by atoms with Crippen molar-refractivity contribution in [2.24, 2.45) is 0 Å². The van der Waals surface area contributed by atoms with Crippen LogP contribution in [0.15, 0.2) is 71.7 Å². The minimum atomic E-state index is -0.396. The molecule has 4 rings (SSSR count). The van der Waals surface area contributed by atoms with Gasteiger partial charge in [0.15, 0.2) is 0 Å². The number of unbranched alkanes of at least 4 members (excludes halogenated alkanes) is 1. The van der Waals surface area contributed by atoms with Crippen LogP contribution in [0.2, 0.25) is 0 Å². The van der Waals surface area contributed by atoms with E-state index >= 15 is 0 Å². The van der Waals surface area contributed by atoms with Crippen LogP contribution in [0.5, 0.6) is 5.88 Å². The molecule has 6 nitrogen and oxygen atoms in total. The fraction of sp³-hybridized carbons (Fsp3) is 0.290. The zero-order chi connectivity index (χ0) is 26.4. The monoisotopic (exact) mass is 492 g/mol. The molecule has 0 radical (unpaired) electrons. The first kappa shape index (κ1) is 25.8. The van der Waals surface area contributed by atoms with Gasteiger partial charge in [0.05, 0.1) is 23.2 Å². The van der Waals surface area contributed by atoms with Crippen LogP contribution >= 0.6 is 0 Å². The van der Waals surface area contributed by atoms with Gasteiger partial charge >= 0.3 is 0 Å². The Bertz CT molecular complexity index is 1480. The number of aryl methyl sites for hydroxylation is 2. The molecule has 1 N–H and O–H groups in total. The highest BCUT2D eigenvalue weighted by atomic mass is 16.3. The number of nitrogens with zero attached hydrogens (tertiary/aromatic N) is 4. The summed E-state index contributed by atoms with van der Waals surface area (Å²) in [7, 11) is 0. The second-order valence-electron chi connectivity index (χ2n) is 9.28. The van der Waals surface area contributed by atoms with Crippen LogP contribution in [0.25, 0.3) is 11.1 Å². The third-order valence-corrected chi connectivity index (χ3v) is 6.77. The minimum absolute atomic E-state index is 0.0486. The van der Waals surface area contributed by atoms with Crippen molar-refractivity contribution < 1.29 is 5.11 Å². The van der Waals surface area contributed by atoms with Gasteiger partial charge in [0, 0.05) is 30.3 Å². The van der Waals surface area contributed by atoms with Gasteiger partial charge < -0.3 is 5.11 Å². The van der Waals surface area contributed by atoms with E-state index in [9.17, 15) is 15.2 Å². The van der Waals surface area contributed by atoms with Crippen LogP contribution in [-0.4, -0.2) is 19.6 Å². The SMILES string of the molecule is CCCCc1nc(=O)c(Cc2ccc(-c3cccnc3C)cc2)c(O)n1[C@@H](CC)c1cccc(C#N)c1. The summed E-state index contributed by atoms with van der Waals surface area (Å²) in [6, 6.07) is 21.3. The van der Waals surface area contributed by atoms with E-state index in [-0.39, 0.29) is 23.9 Å². The second-order valence-corrected chi connectivity index (χ2v) is 9.28. The molecule has 1 atom stereocenters. The van der Waals surface area contributed by atoms with Crippen LogP contribution < -0.4 is 5.56 Å². The molecule has 0 amide bonds. The maximum atomic E-state index is 13.1. The summed E-state index contributed by atoms with van der Waals surface area (Å²) in [6.07, 6.45) is 5.11. The number of nitriles is 1. The van der Waals surface area contributed by atoms with E-state index in [1.165, 1.54) is 0 Å². The molecular formula is C31H32N4O2. The standard InChI is InChI=1S/C31H32N4O2/c1-4-6-12-29-34-30(36)27(19-22-13-15-24(16-14-22)26-11-8-17-33-21(26)3)31(37)35(29)28(5-2)25-10-7-9-23(18-25)20-32/h7-11,13-18,28,37H,4-6,12,19H2,1-3H3/t28-/m0/s1. The molecule has 37 heavy (non-hydrogen) atoms. The van der Waals surface area contributed by atoms with Gasteiger partial charge in [-0.25, -0.2) is 0 Å². The van der Waals surface area contributed by atoms with Gasteiger partial charge in [0.2, 0.25) is 5.88 Å². The highest BCUT2D eigenvalue weighted by Gasteiger charge is 2.23. The first-order valence-corrected chi connectivity index (χ1v) is 12.8. The van der Waals surface area contributed by atoms with E-state index in [1.54, 1.807) is 16.8 Å². The lowest BCUT2D eigenvalue weighted by Crippen LogP contribution is -2.25. The van der Waals surface area contributed by atoms with Gasteiger partial charge in [0.1, 0.15) is 5.82 Å². The molecule has 2 heterocycles. The van der Waals surface area contributed by atoms with Crippen molar-refractivity contribution >= 4 is 0 Å². The molecule has 0 saturated carbocycles. The van der Waals surface area contributed by atoms with Crippen molar-refractivity contribution in [3.8, 4) is 23.1 Å². The Kier molecular flexibility index (Phi) is 8.15. The van der Waals surface area contributed by atoms with Crippen LogP contribution in [0, 0.1) is 18.3 Å². The lowest BCUT2D eigenvalue weighted by molar-refractivity contribution is 0.368. The van der Waals surface area contributed by atoms with Gasteiger partial charge in [-0.3, -0.25) is 14.3 Å². The lowest BCUT2D eigenvalue weighted by Gasteiger charge is -2.25. The molecule has 2 aromatic carbocycles. The van der Waals surface area contributed by atoms with Crippen LogP contribution in [-0.2, 0) is 12.8 Å². The molecule has 0 unspecified atom stereocenters. The molecule has 188 valence electrons. The quantitative estimate of drug-likeness (QED) is 0.304. The highest BCUT2D eigenvalue weighted by molar-refractivity contribution is 5.65. The lowest BCUT2D eigenvalue weighted by atomic mass is 9.99. The van der Waals surface area contributed by atoms with E-state index in [0.717, 1.165) is 40.8 Å². The summed E-state index contributed by atoms with van der Waals surface area (Å²) in [5, 5.41) is 20.9. The molecular weight excluding hydrogens is 460 g/mol. The van der Waals surface area contributed by atoms with Crippen molar-refractivity contribution in [1.82, 2.24) is 14.5 Å². The number of rotatable bonds is 9. The molecule has 4 aromatic rings. The van der Waals surface area contributed by atoms with Crippen molar-refractivity contribution in [1.29, 1.82) is 5.26 Å². The topological polar surface area (TPSA) is 91.8 Å². The Morgan fingerprint density at radius 1 is 1.08 bits per heavy atom. The third kappa shape index (κ3) is 5.62. The van der Waals surface area contributed by atoms with Crippen molar-refractivity contribution in [3.63, 3.8) is 0 Å². The third-order valence-electron chi connectivity index (χ3n) is 6.77. The van der Waals surface area contributed by atoms with E-state index in [0.29, 0.717) is 24.2 Å². The normalized spacial score (nSPS) is 11.7. The van der Waals surface area contributed by atoms with Crippen molar-refractivity contribution in [3.05, 3.63) is 111 Å². The molecule has 0 bridgehead atoms. The van der Waals surface area contributed by atoms with Gasteiger partial charge in [-0.2, -0.15) is 10.2 Å². The first-order chi connectivity index (χ1) is 18.0. The fourth-order valence-electron chi connectivity index (χ4n) is 4.77. The maximum Gasteiger partial charge on any atom is 0.280 e. The predicted molar refractivity (Wildman–Crippen MR) is 146 cm³/mol. The number of hydrogen-bond donors (Lipinski definition) is 1. The average Bonchev–Trinajstić information content (AvgIpc) is 2.92. The summed E-state index contributed by atoms with van der Waals surface area (Å²) in [6.45, 7) is 6.09. The Hall–Kier alpha value is -4.24. The molecule has 6 heteroatoms. The van der Waals surface area contributed by atoms with E-state index in [1.807, 2.05) is 68.4 Å². The molecule has 0 aliphatic heterocycles. The van der Waals surface area contributed by atoms with Gasteiger partial charge in [-0.15, -0.1) is 0 Å². The molecule has 0 fully saturated rings. The molecule has 0 saturated heterocycles. The van der Waals surface area contributed by atoms with Crippen LogP contribution in [0.1, 0.15) is 72.9 Å². The van der Waals surface area contributed by atoms with E-state index in [2.05, 4.69) is 23.0 Å². The van der Waals surface area contributed by atoms with Crippen LogP contribution in [0.3, 0.4) is 0 Å². The number of aromatic nitrogens is 3. The zero-order valence-corrected chi connectivity index (χ0v) is 21.6. The second kappa shape index (κ2) is 11.7. The molecule has 2 aromatic heterocycles. The summed E-state index contributed by atoms with van der Waals surface area (Å²) < 4.78 is 1.80. The molecule has 0 spiro atoms. The van der Waals surface area contributed by atoms with Crippen molar-refractivity contribution in [2.75, 3.05) is 0 Å². The first-order valence-electron chi connectivity index (χ1n) is 12.8. The maximum absolute atomic E-state index is 13.1. The van der Waals surface area contributed by atoms with Gasteiger partial charge in [-0.05, 0) is 54.7 Å². The Morgan fingerprint density at radius 3 is 2.54 bits per heavy atom. The average molecular weight is 493 g/mol. The number of pyridine rings is 1. The summed E-state index contributed by atoms with van der Waals surface area (Å²) in [5.74, 6) is 0.525. The molecule has 0 aliphatic carbocycles. The molecule has 0 aliphatic rings. The largest absolute Gasteiger partial charge is 0.494 e. The Labute approximate surface area is 217 Å². The Morgan fingerprint density at radius 2 is 1.86 bits per heavy atom. The van der Waals surface area contributed by atoms with E-state index in [4.69, 9.17) is 0 Å². The summed E-state index contributed by atoms with van der Waals surface area (Å²) in [4.78, 5) is 21.9. The summed E-state index contributed by atoms with van der Waals surface area (Å²) >= 11 is 0. The van der Waals surface area contributed by atoms with Crippen molar-refractivity contribution in [2.45, 2.75) is 58.9 Å². The minimum Gasteiger partial charge on any atom is -0.494 e.